The average molecular weight is 703 g/mol. The maximum atomic E-state index is 15.6. The Hall–Kier alpha value is -3.33. The van der Waals surface area contributed by atoms with E-state index in [0.717, 1.165) is 19.4 Å². The number of ether oxygens (including phenoxy) is 6. The molecule has 50 heavy (non-hydrogen) atoms. The Bertz CT molecular complexity index is 1620. The average Bonchev–Trinajstić information content (AvgIpc) is 3.38. The van der Waals surface area contributed by atoms with Gasteiger partial charge in [0.1, 0.15) is 23.9 Å². The van der Waals surface area contributed by atoms with Crippen molar-refractivity contribution in [2.45, 2.75) is 123 Å². The monoisotopic (exact) mass is 702 g/mol. The van der Waals surface area contributed by atoms with Crippen LogP contribution in [0.1, 0.15) is 79.7 Å². The highest BCUT2D eigenvalue weighted by molar-refractivity contribution is 5.93. The summed E-state index contributed by atoms with van der Waals surface area (Å²) in [5.74, 6) is -6.57. The predicted molar refractivity (Wildman–Crippen MR) is 166 cm³/mol. The first-order valence-corrected chi connectivity index (χ1v) is 17.3. The minimum atomic E-state index is -1.73. The third-order valence-corrected chi connectivity index (χ3v) is 13.5. The summed E-state index contributed by atoms with van der Waals surface area (Å²) < 4.78 is 42.1. The Morgan fingerprint density at radius 2 is 1.54 bits per heavy atom. The van der Waals surface area contributed by atoms with E-state index >= 15 is 4.79 Å². The van der Waals surface area contributed by atoms with E-state index in [1.807, 2.05) is 6.92 Å². The molecule has 14 nitrogen and oxygen atoms in total. The molecule has 0 unspecified atom stereocenters. The first kappa shape index (κ1) is 35.1. The summed E-state index contributed by atoms with van der Waals surface area (Å²) in [4.78, 5) is 66.9. The van der Waals surface area contributed by atoms with Gasteiger partial charge in [-0.15, -0.1) is 0 Å². The number of carbonyl (C=O) groups excluding carboxylic acids is 5. The predicted octanol–water partition coefficient (Wildman–Crippen LogP) is 2.21. The van der Waals surface area contributed by atoms with E-state index in [9.17, 15) is 29.4 Å². The highest BCUT2D eigenvalue weighted by Gasteiger charge is 2.93. The maximum absolute atomic E-state index is 15.6. The van der Waals surface area contributed by atoms with Crippen molar-refractivity contribution in [3.63, 3.8) is 0 Å². The van der Waals surface area contributed by atoms with Crippen LogP contribution in [0.4, 0.5) is 0 Å². The fourth-order valence-electron chi connectivity index (χ4n) is 11.8. The van der Waals surface area contributed by atoms with Crippen LogP contribution in [-0.2, 0) is 52.4 Å². The van der Waals surface area contributed by atoms with Crippen molar-refractivity contribution >= 4 is 29.7 Å². The van der Waals surface area contributed by atoms with Crippen LogP contribution in [0.25, 0.3) is 0 Å². The van der Waals surface area contributed by atoms with E-state index in [1.165, 1.54) is 13.2 Å². The number of furan rings is 1. The molecule has 1 aromatic heterocycles. The summed E-state index contributed by atoms with van der Waals surface area (Å²) in [6, 6.07) is 1.80. The third kappa shape index (κ3) is 4.07. The smallest absolute Gasteiger partial charge is 0.310 e. The molecule has 274 valence electrons. The zero-order chi connectivity index (χ0) is 36.5. The Morgan fingerprint density at radius 3 is 2.12 bits per heavy atom. The van der Waals surface area contributed by atoms with E-state index in [0.29, 0.717) is 6.42 Å². The van der Waals surface area contributed by atoms with Crippen LogP contribution in [0.5, 0.6) is 0 Å². The summed E-state index contributed by atoms with van der Waals surface area (Å²) in [5, 5.41) is 24.9. The van der Waals surface area contributed by atoms with E-state index in [4.69, 9.17) is 32.8 Å². The van der Waals surface area contributed by atoms with Gasteiger partial charge < -0.3 is 43.1 Å². The van der Waals surface area contributed by atoms with Gasteiger partial charge >= 0.3 is 23.9 Å². The van der Waals surface area contributed by atoms with Crippen molar-refractivity contribution in [2.24, 2.45) is 39.4 Å². The lowest BCUT2D eigenvalue weighted by Gasteiger charge is -2.73. The second kappa shape index (κ2) is 11.1. The van der Waals surface area contributed by atoms with Crippen LogP contribution in [0.15, 0.2) is 23.0 Å². The molecule has 15 atom stereocenters. The first-order chi connectivity index (χ1) is 23.3. The molecule has 2 saturated heterocycles. The lowest BCUT2D eigenvalue weighted by Crippen LogP contribution is -2.84. The summed E-state index contributed by atoms with van der Waals surface area (Å²) >= 11 is 0. The van der Waals surface area contributed by atoms with E-state index in [1.54, 1.807) is 40.0 Å². The van der Waals surface area contributed by atoms with Gasteiger partial charge in [0.25, 0.3) is 0 Å². The second-order valence-electron chi connectivity index (χ2n) is 16.1. The van der Waals surface area contributed by atoms with E-state index in [-0.39, 0.29) is 18.9 Å². The van der Waals surface area contributed by atoms with Gasteiger partial charge in [0, 0.05) is 43.4 Å². The van der Waals surface area contributed by atoms with Crippen LogP contribution in [-0.4, -0.2) is 95.0 Å². The number of hydrogen-bond acceptors (Lipinski definition) is 14. The Morgan fingerprint density at radius 1 is 0.900 bits per heavy atom. The molecular formula is C36H46O14. The van der Waals surface area contributed by atoms with E-state index in [2.05, 4.69) is 0 Å². The van der Waals surface area contributed by atoms with Gasteiger partial charge in [-0.05, 0) is 37.3 Å². The van der Waals surface area contributed by atoms with Crippen molar-refractivity contribution in [1.29, 1.82) is 0 Å². The molecule has 3 heterocycles. The fourth-order valence-corrected chi connectivity index (χ4v) is 11.8. The molecule has 2 aliphatic heterocycles. The van der Waals surface area contributed by atoms with Crippen molar-refractivity contribution in [1.82, 2.24) is 0 Å². The number of esters is 4. The van der Waals surface area contributed by atoms with Crippen LogP contribution >= 0.6 is 0 Å². The topological polar surface area (TPSA) is 198 Å². The molecule has 4 aliphatic carbocycles. The Labute approximate surface area is 289 Å². The van der Waals surface area contributed by atoms with Crippen LogP contribution in [0.2, 0.25) is 0 Å². The van der Waals surface area contributed by atoms with Crippen molar-refractivity contribution in [3.8, 4) is 0 Å². The molecule has 6 aliphatic rings. The number of carbonyl (C=O) groups is 5. The second-order valence-corrected chi connectivity index (χ2v) is 16.1. The van der Waals surface area contributed by atoms with Crippen molar-refractivity contribution in [3.05, 3.63) is 24.2 Å². The number of aliphatic hydroxyl groups excluding tert-OH is 2. The number of rotatable bonds is 6. The lowest BCUT2D eigenvalue weighted by molar-refractivity contribution is -0.391. The van der Waals surface area contributed by atoms with Gasteiger partial charge in [0.15, 0.2) is 11.9 Å². The highest BCUT2D eigenvalue weighted by atomic mass is 16.7. The number of ketones is 1. The molecule has 7 rings (SSSR count). The van der Waals surface area contributed by atoms with Gasteiger partial charge in [-0.3, -0.25) is 24.0 Å². The molecule has 6 fully saturated rings. The van der Waals surface area contributed by atoms with Gasteiger partial charge in [0.2, 0.25) is 6.29 Å². The summed E-state index contributed by atoms with van der Waals surface area (Å²) in [6.07, 6.45) is -5.69. The summed E-state index contributed by atoms with van der Waals surface area (Å²) in [7, 11) is 0. The first-order valence-electron chi connectivity index (χ1n) is 17.3. The molecule has 2 N–H and O–H groups in total. The molecule has 1 spiro atoms. The Balaban J connectivity index is 1.47. The van der Waals surface area contributed by atoms with E-state index < -0.39 is 118 Å². The molecular weight excluding hydrogens is 656 g/mol. The number of fused-ring (bicyclic) bond motifs is 1. The van der Waals surface area contributed by atoms with Gasteiger partial charge in [0.05, 0.1) is 48.1 Å². The van der Waals surface area contributed by atoms with Gasteiger partial charge in [-0.25, -0.2) is 0 Å². The van der Waals surface area contributed by atoms with Gasteiger partial charge in [-0.1, -0.05) is 27.7 Å². The summed E-state index contributed by atoms with van der Waals surface area (Å²) in [6.45, 7) is 11.7. The molecule has 14 heteroatoms. The molecule has 4 saturated carbocycles. The molecule has 0 amide bonds. The van der Waals surface area contributed by atoms with Crippen LogP contribution in [0.3, 0.4) is 0 Å². The number of Topliss-reactive ketones (excluding diaryl/α,β-unsaturated/α-hetero) is 1. The third-order valence-electron chi connectivity index (χ3n) is 13.5. The normalized spacial score (nSPS) is 48.3. The van der Waals surface area contributed by atoms with Crippen LogP contribution in [0, 0.1) is 39.4 Å². The number of epoxide rings is 1. The summed E-state index contributed by atoms with van der Waals surface area (Å²) in [5.41, 5.74) is -6.21. The molecule has 1 aromatic rings. The molecule has 0 radical (unpaired) electrons. The largest absolute Gasteiger partial charge is 0.472 e. The maximum Gasteiger partial charge on any atom is 0.310 e. The minimum Gasteiger partial charge on any atom is -0.472 e. The SMILES string of the molecule is CC(=O)O[C@H]1[C@@H](O)[C@H](OC(C)=O)[C@@]23CO[C@@H](OC(=O)C(C)C)[C@]1(C)[C@@H]2C[C@H](O)[C@]1(C)[C@@H]3C(=O)[C@H](OC(C)=O)[C@]2(C)[C@@H](c3ccoc3)C[C@@H]3O[C@]312. The van der Waals surface area contributed by atoms with Crippen LogP contribution < -0.4 is 0 Å². The quantitative estimate of drug-likeness (QED) is 0.249. The Kier molecular flexibility index (Phi) is 7.78. The molecule has 2 bridgehead atoms. The lowest BCUT2D eigenvalue weighted by atomic mass is 9.33. The molecule has 0 aromatic carbocycles. The standard InChI is InChI=1S/C36H46O14/c1-15(2)30(43)49-31-32(6)21-12-22(40)34(8)26(35(21,14-45-31)29(48-18(5)39)25(42)27(32)46-16(3)37)24(41)28(47-17(4)38)33(7)20(19-9-10-44-13-19)11-23-36(33,34)50-23/h9-10,13,15,20-23,25-29,31,40,42H,11-12,14H2,1-8H3/t20-,21+,22+,23+,25-,26+,27+,28+,29+,31+,32-,33+,34-,35+,36+/m1/s1. The minimum absolute atomic E-state index is 0.0549. The number of aliphatic hydroxyl groups is 2. The van der Waals surface area contributed by atoms with Gasteiger partial charge in [-0.2, -0.15) is 0 Å². The fraction of sp³-hybridized carbons (Fsp3) is 0.750. The zero-order valence-electron chi connectivity index (χ0n) is 29.5. The zero-order valence-corrected chi connectivity index (χ0v) is 29.5. The van der Waals surface area contributed by atoms with Crippen molar-refractivity contribution in [2.75, 3.05) is 6.61 Å². The number of hydrogen-bond donors (Lipinski definition) is 2. The van der Waals surface area contributed by atoms with Crippen molar-refractivity contribution < 1.29 is 67.0 Å². The highest BCUT2D eigenvalue weighted by Crippen LogP contribution is 2.83.